The molecule has 6 heteroatoms. The Morgan fingerprint density at radius 2 is 1.50 bits per heavy atom. The standard InChI is InChI=1S/C32H34N2O4/c1-24-13-15-26(16-14-24)19-20-33(22-27-9-5-3-6-10-27)25(2)32(35)29-17-18-31(30(21-29)34(36)37)38-23-28-11-7-4-8-12-28/h3-18,21,25,32,35H,19-20,22-23H2,1-2H3. The van der Waals surface area contributed by atoms with Gasteiger partial charge in [-0.3, -0.25) is 15.0 Å². The van der Waals surface area contributed by atoms with E-state index in [1.165, 1.54) is 17.2 Å². The van der Waals surface area contributed by atoms with Gasteiger partial charge in [0.25, 0.3) is 0 Å². The van der Waals surface area contributed by atoms with Gasteiger partial charge in [-0.25, -0.2) is 0 Å². The molecule has 0 amide bonds. The molecule has 2 atom stereocenters. The molecule has 0 spiro atoms. The van der Waals surface area contributed by atoms with Gasteiger partial charge < -0.3 is 9.84 Å². The average Bonchev–Trinajstić information content (AvgIpc) is 2.95. The van der Waals surface area contributed by atoms with Crippen LogP contribution in [0, 0.1) is 17.0 Å². The van der Waals surface area contributed by atoms with Gasteiger partial charge >= 0.3 is 5.69 Å². The summed E-state index contributed by atoms with van der Waals surface area (Å²) in [5.41, 5.74) is 4.85. The molecule has 0 aromatic heterocycles. The quantitative estimate of drug-likeness (QED) is 0.171. The second-order valence-corrected chi connectivity index (χ2v) is 9.64. The second kappa shape index (κ2) is 13.0. The van der Waals surface area contributed by atoms with Crippen molar-refractivity contribution >= 4 is 5.69 Å². The van der Waals surface area contributed by atoms with Crippen LogP contribution in [0.25, 0.3) is 0 Å². The first-order valence-corrected chi connectivity index (χ1v) is 12.9. The van der Waals surface area contributed by atoms with Crippen molar-refractivity contribution in [3.63, 3.8) is 0 Å². The predicted octanol–water partition coefficient (Wildman–Crippen LogP) is 6.65. The van der Waals surface area contributed by atoms with Crippen LogP contribution in [0.2, 0.25) is 0 Å². The predicted molar refractivity (Wildman–Crippen MR) is 150 cm³/mol. The molecular weight excluding hydrogens is 476 g/mol. The lowest BCUT2D eigenvalue weighted by atomic mass is 9.99. The largest absolute Gasteiger partial charge is 0.482 e. The van der Waals surface area contributed by atoms with E-state index in [1.54, 1.807) is 12.1 Å². The fraction of sp³-hybridized carbons (Fsp3) is 0.250. The number of hydrogen-bond acceptors (Lipinski definition) is 5. The zero-order valence-corrected chi connectivity index (χ0v) is 21.9. The molecule has 0 saturated heterocycles. The number of aliphatic hydroxyl groups is 1. The molecule has 6 nitrogen and oxygen atoms in total. The van der Waals surface area contributed by atoms with E-state index >= 15 is 0 Å². The van der Waals surface area contributed by atoms with E-state index in [1.807, 2.05) is 55.5 Å². The third-order valence-electron chi connectivity index (χ3n) is 6.83. The molecule has 4 aromatic carbocycles. The van der Waals surface area contributed by atoms with Crippen LogP contribution in [0.5, 0.6) is 5.75 Å². The van der Waals surface area contributed by atoms with E-state index in [4.69, 9.17) is 4.74 Å². The number of aryl methyl sites for hydroxylation is 1. The highest BCUT2D eigenvalue weighted by molar-refractivity contribution is 5.49. The van der Waals surface area contributed by atoms with Crippen molar-refractivity contribution in [3.8, 4) is 5.75 Å². The molecule has 4 rings (SSSR count). The molecule has 2 unspecified atom stereocenters. The van der Waals surface area contributed by atoms with Gasteiger partial charge in [0.1, 0.15) is 6.61 Å². The minimum atomic E-state index is -0.918. The van der Waals surface area contributed by atoms with Gasteiger partial charge in [-0.15, -0.1) is 0 Å². The zero-order valence-electron chi connectivity index (χ0n) is 21.9. The van der Waals surface area contributed by atoms with Gasteiger partial charge in [0.15, 0.2) is 5.75 Å². The molecule has 38 heavy (non-hydrogen) atoms. The lowest BCUT2D eigenvalue weighted by Gasteiger charge is -2.33. The number of nitro groups is 1. The third-order valence-corrected chi connectivity index (χ3v) is 6.83. The minimum Gasteiger partial charge on any atom is -0.482 e. The summed E-state index contributed by atoms with van der Waals surface area (Å²) >= 11 is 0. The SMILES string of the molecule is Cc1ccc(CCN(Cc2ccccc2)C(C)C(O)c2ccc(OCc3ccccc3)c([N+](=O)[O-])c2)cc1. The Balaban J connectivity index is 1.52. The van der Waals surface area contributed by atoms with Crippen LogP contribution < -0.4 is 4.74 Å². The van der Waals surface area contributed by atoms with Gasteiger partial charge in [0.2, 0.25) is 0 Å². The van der Waals surface area contributed by atoms with E-state index < -0.39 is 11.0 Å². The Morgan fingerprint density at radius 3 is 2.13 bits per heavy atom. The topological polar surface area (TPSA) is 75.8 Å². The van der Waals surface area contributed by atoms with Crippen molar-refractivity contribution in [3.05, 3.63) is 141 Å². The Bertz CT molecular complexity index is 1310. The summed E-state index contributed by atoms with van der Waals surface area (Å²) in [5.74, 6) is 0.183. The third kappa shape index (κ3) is 7.28. The second-order valence-electron chi connectivity index (χ2n) is 9.64. The van der Waals surface area contributed by atoms with Crippen LogP contribution in [0.15, 0.2) is 103 Å². The molecular formula is C32H34N2O4. The summed E-state index contributed by atoms with van der Waals surface area (Å²) in [4.78, 5) is 13.6. The van der Waals surface area contributed by atoms with Crippen molar-refractivity contribution in [2.45, 2.75) is 45.6 Å². The van der Waals surface area contributed by atoms with Crippen LogP contribution in [-0.4, -0.2) is 27.5 Å². The number of hydrogen-bond donors (Lipinski definition) is 1. The fourth-order valence-corrected chi connectivity index (χ4v) is 4.47. The number of nitrogens with zero attached hydrogens (tertiary/aromatic N) is 2. The molecule has 0 aliphatic heterocycles. The Morgan fingerprint density at radius 1 is 0.868 bits per heavy atom. The highest BCUT2D eigenvalue weighted by Gasteiger charge is 2.26. The molecule has 196 valence electrons. The maximum absolute atomic E-state index is 11.9. The summed E-state index contributed by atoms with van der Waals surface area (Å²) in [6, 6.07) is 32.6. The van der Waals surface area contributed by atoms with E-state index in [0.29, 0.717) is 12.1 Å². The first kappa shape index (κ1) is 27.0. The van der Waals surface area contributed by atoms with E-state index in [2.05, 4.69) is 48.2 Å². The van der Waals surface area contributed by atoms with Crippen LogP contribution in [0.3, 0.4) is 0 Å². The van der Waals surface area contributed by atoms with Gasteiger partial charge in [0.05, 0.1) is 11.0 Å². The van der Waals surface area contributed by atoms with Gasteiger partial charge in [0, 0.05) is 25.2 Å². The van der Waals surface area contributed by atoms with Gasteiger partial charge in [-0.1, -0.05) is 96.6 Å². The minimum absolute atomic E-state index is 0.154. The number of rotatable bonds is 12. The van der Waals surface area contributed by atoms with E-state index in [-0.39, 0.29) is 24.1 Å². The van der Waals surface area contributed by atoms with Crippen LogP contribution in [0.4, 0.5) is 5.69 Å². The highest BCUT2D eigenvalue weighted by Crippen LogP contribution is 2.33. The van der Waals surface area contributed by atoms with E-state index in [0.717, 1.165) is 24.1 Å². The first-order chi connectivity index (χ1) is 18.4. The molecule has 1 N–H and O–H groups in total. The van der Waals surface area contributed by atoms with Gasteiger partial charge in [-0.05, 0) is 48.6 Å². The lowest BCUT2D eigenvalue weighted by molar-refractivity contribution is -0.386. The zero-order chi connectivity index (χ0) is 26.9. The monoisotopic (exact) mass is 510 g/mol. The number of nitro benzene ring substituents is 1. The summed E-state index contributed by atoms with van der Waals surface area (Å²) in [6.07, 6.45) is -0.0880. The number of aliphatic hydroxyl groups excluding tert-OH is 1. The summed E-state index contributed by atoms with van der Waals surface area (Å²) in [5, 5.41) is 23.2. The molecule has 0 aliphatic rings. The lowest BCUT2D eigenvalue weighted by Crippen LogP contribution is -2.38. The number of ether oxygens (including phenoxy) is 1. The molecule has 0 bridgehead atoms. The van der Waals surface area contributed by atoms with Crippen molar-refractivity contribution in [2.75, 3.05) is 6.54 Å². The Labute approximate surface area is 224 Å². The van der Waals surface area contributed by atoms with Crippen molar-refractivity contribution in [1.29, 1.82) is 0 Å². The van der Waals surface area contributed by atoms with Crippen LogP contribution >= 0.6 is 0 Å². The Hall–Kier alpha value is -4.00. The summed E-state index contributed by atoms with van der Waals surface area (Å²) in [7, 11) is 0. The molecule has 0 fully saturated rings. The van der Waals surface area contributed by atoms with Crippen molar-refractivity contribution in [1.82, 2.24) is 4.90 Å². The average molecular weight is 511 g/mol. The molecule has 0 aliphatic carbocycles. The smallest absolute Gasteiger partial charge is 0.311 e. The van der Waals surface area contributed by atoms with Gasteiger partial charge in [-0.2, -0.15) is 0 Å². The molecule has 0 radical (unpaired) electrons. The van der Waals surface area contributed by atoms with Crippen LogP contribution in [-0.2, 0) is 19.6 Å². The Kier molecular flexibility index (Phi) is 9.25. The highest BCUT2D eigenvalue weighted by atomic mass is 16.6. The maximum Gasteiger partial charge on any atom is 0.311 e. The summed E-state index contributed by atoms with van der Waals surface area (Å²) in [6.45, 7) is 5.65. The first-order valence-electron chi connectivity index (χ1n) is 12.9. The fourth-order valence-electron chi connectivity index (χ4n) is 4.47. The molecule has 0 saturated carbocycles. The number of benzene rings is 4. The molecule has 4 aromatic rings. The summed E-state index contributed by atoms with van der Waals surface area (Å²) < 4.78 is 5.77. The van der Waals surface area contributed by atoms with Crippen molar-refractivity contribution < 1.29 is 14.8 Å². The van der Waals surface area contributed by atoms with E-state index in [9.17, 15) is 15.2 Å². The van der Waals surface area contributed by atoms with Crippen LogP contribution in [0.1, 0.15) is 40.8 Å². The normalized spacial score (nSPS) is 12.7. The maximum atomic E-state index is 11.9. The van der Waals surface area contributed by atoms with Crippen molar-refractivity contribution in [2.24, 2.45) is 0 Å². The molecule has 0 heterocycles.